The van der Waals surface area contributed by atoms with Crippen molar-refractivity contribution in [3.8, 4) is 0 Å². The molecule has 0 bridgehead atoms. The van der Waals surface area contributed by atoms with E-state index in [1.54, 1.807) is 0 Å². The Morgan fingerprint density at radius 1 is 1.50 bits per heavy atom. The summed E-state index contributed by atoms with van der Waals surface area (Å²) in [6, 6.07) is 0. The fraction of sp³-hybridized carbons (Fsp3) is 0.571. The van der Waals surface area contributed by atoms with Crippen LogP contribution in [0.1, 0.15) is 13.8 Å². The van der Waals surface area contributed by atoms with Gasteiger partial charge in [0.05, 0.1) is 10.1 Å². The summed E-state index contributed by atoms with van der Waals surface area (Å²) in [5.74, 6) is -1.22. The van der Waals surface area contributed by atoms with Crippen molar-refractivity contribution in [1.82, 2.24) is 0 Å². The molecule has 0 unspecified atom stereocenters. The Morgan fingerprint density at radius 2 is 1.93 bits per heavy atom. The normalized spacial score (nSPS) is 12.5. The largest absolute Gasteiger partial charge is 1.00 e. The number of carbonyl (C=O) groups is 1. The van der Waals surface area contributed by atoms with Gasteiger partial charge in [-0.2, -0.15) is 0 Å². The van der Waals surface area contributed by atoms with Crippen LogP contribution in [0.25, 0.3) is 0 Å². The minimum Gasteiger partial charge on any atom is -0.748 e. The Hall–Kier alpha value is 0.120. The molecule has 0 saturated carbocycles. The molecule has 0 spiro atoms. The molecule has 7 heteroatoms. The van der Waals surface area contributed by atoms with Crippen LogP contribution in [-0.4, -0.2) is 24.6 Å². The molecule has 0 saturated heterocycles. The Labute approximate surface area is 106 Å². The fourth-order valence-corrected chi connectivity index (χ4v) is 1.82. The van der Waals surface area contributed by atoms with Gasteiger partial charge in [0, 0.05) is 5.75 Å². The van der Waals surface area contributed by atoms with Crippen LogP contribution in [0.15, 0.2) is 12.2 Å². The van der Waals surface area contributed by atoms with Crippen molar-refractivity contribution in [2.24, 2.45) is 11.1 Å². The third kappa shape index (κ3) is 10.2. The SMILES string of the molecule is CC(C)(C=CC(N)=O)CS(=O)(=O)[O-].[Na+]. The number of allylic oxidation sites excluding steroid dienone is 1. The minimum absolute atomic E-state index is 0. The van der Waals surface area contributed by atoms with E-state index in [2.05, 4.69) is 0 Å². The average Bonchev–Trinajstić information content (AvgIpc) is 1.78. The van der Waals surface area contributed by atoms with Gasteiger partial charge in [-0.1, -0.05) is 19.9 Å². The van der Waals surface area contributed by atoms with Crippen LogP contribution in [0.5, 0.6) is 0 Å². The van der Waals surface area contributed by atoms with E-state index in [0.717, 1.165) is 6.08 Å². The molecule has 0 atom stereocenters. The molecule has 0 radical (unpaired) electrons. The van der Waals surface area contributed by atoms with E-state index in [1.165, 1.54) is 19.9 Å². The van der Waals surface area contributed by atoms with E-state index in [1.807, 2.05) is 0 Å². The molecule has 5 nitrogen and oxygen atoms in total. The van der Waals surface area contributed by atoms with E-state index in [4.69, 9.17) is 5.73 Å². The van der Waals surface area contributed by atoms with E-state index in [0.29, 0.717) is 0 Å². The van der Waals surface area contributed by atoms with Crippen LogP contribution in [0.2, 0.25) is 0 Å². The second-order valence-electron chi connectivity index (χ2n) is 3.43. The van der Waals surface area contributed by atoms with Gasteiger partial charge in [-0.25, -0.2) is 8.42 Å². The van der Waals surface area contributed by atoms with E-state index in [-0.39, 0.29) is 29.6 Å². The molecule has 0 aliphatic carbocycles. The summed E-state index contributed by atoms with van der Waals surface area (Å²) < 4.78 is 31.2. The zero-order chi connectivity index (χ0) is 10.7. The summed E-state index contributed by atoms with van der Waals surface area (Å²) >= 11 is 0. The number of rotatable bonds is 4. The molecule has 0 fully saturated rings. The van der Waals surface area contributed by atoms with Crippen LogP contribution in [-0.2, 0) is 14.9 Å². The van der Waals surface area contributed by atoms with E-state index < -0.39 is 27.2 Å². The monoisotopic (exact) mass is 229 g/mol. The Bertz CT molecular complexity index is 321. The quantitative estimate of drug-likeness (QED) is 0.308. The van der Waals surface area contributed by atoms with Gasteiger partial charge in [-0.05, 0) is 11.5 Å². The number of hydrogen-bond donors (Lipinski definition) is 1. The number of primary amides is 1. The minimum atomic E-state index is -4.28. The molecule has 0 aromatic carbocycles. The third-order valence-corrected chi connectivity index (χ3v) is 2.35. The molecule has 2 N–H and O–H groups in total. The maximum absolute atomic E-state index is 10.4. The van der Waals surface area contributed by atoms with Crippen LogP contribution in [0.4, 0.5) is 0 Å². The maximum Gasteiger partial charge on any atom is 1.00 e. The van der Waals surface area contributed by atoms with Crippen molar-refractivity contribution in [3.05, 3.63) is 12.2 Å². The standard InChI is InChI=1S/C7H13NO4S.Na/c1-7(2,4-3-6(8)9)5-13(10,11)12;/h3-4H,5H2,1-2H3,(H2,8,9)(H,10,11,12);/q;+1/p-1. The summed E-state index contributed by atoms with van der Waals surface area (Å²) in [5.41, 5.74) is 3.94. The van der Waals surface area contributed by atoms with Gasteiger partial charge in [0.15, 0.2) is 0 Å². The van der Waals surface area contributed by atoms with Gasteiger partial charge in [-0.15, -0.1) is 0 Å². The second kappa shape index (κ2) is 5.87. The first-order chi connectivity index (χ1) is 5.62. The topological polar surface area (TPSA) is 100 Å². The smallest absolute Gasteiger partial charge is 0.748 e. The zero-order valence-corrected chi connectivity index (χ0v) is 11.3. The summed E-state index contributed by atoms with van der Waals surface area (Å²) in [6.07, 6.45) is 2.36. The molecule has 0 heterocycles. The van der Waals surface area contributed by atoms with E-state index in [9.17, 15) is 17.8 Å². The first-order valence-electron chi connectivity index (χ1n) is 3.55. The summed E-state index contributed by atoms with van der Waals surface area (Å²) in [4.78, 5) is 10.3. The van der Waals surface area contributed by atoms with Crippen LogP contribution >= 0.6 is 0 Å². The van der Waals surface area contributed by atoms with Gasteiger partial charge in [-0.3, -0.25) is 4.79 Å². The van der Waals surface area contributed by atoms with Crippen molar-refractivity contribution in [3.63, 3.8) is 0 Å². The number of amides is 1. The Kier molecular flexibility index (Phi) is 6.94. The predicted octanol–water partition coefficient (Wildman–Crippen LogP) is -3.40. The van der Waals surface area contributed by atoms with Crippen LogP contribution < -0.4 is 35.3 Å². The van der Waals surface area contributed by atoms with Gasteiger partial charge in [0.1, 0.15) is 0 Å². The Balaban J connectivity index is 0. The molecule has 0 aliphatic rings. The summed E-state index contributed by atoms with van der Waals surface area (Å²) in [7, 11) is -4.28. The van der Waals surface area contributed by atoms with Crippen molar-refractivity contribution < 1.29 is 47.3 Å². The van der Waals surface area contributed by atoms with E-state index >= 15 is 0 Å². The number of hydrogen-bond acceptors (Lipinski definition) is 4. The first-order valence-corrected chi connectivity index (χ1v) is 5.12. The third-order valence-electron chi connectivity index (χ3n) is 1.25. The van der Waals surface area contributed by atoms with Gasteiger partial charge >= 0.3 is 29.6 Å². The molecule has 0 aromatic rings. The van der Waals surface area contributed by atoms with Crippen molar-refractivity contribution in [2.45, 2.75) is 13.8 Å². The maximum atomic E-state index is 10.4. The predicted molar refractivity (Wildman–Crippen MR) is 46.7 cm³/mol. The zero-order valence-electron chi connectivity index (χ0n) is 8.48. The van der Waals surface area contributed by atoms with Crippen molar-refractivity contribution in [1.29, 1.82) is 0 Å². The molecule has 0 aromatic heterocycles. The van der Waals surface area contributed by atoms with Gasteiger partial charge in [0.2, 0.25) is 5.91 Å². The Morgan fingerprint density at radius 3 is 2.21 bits per heavy atom. The molecule has 0 aliphatic heterocycles. The molecule has 1 amide bonds. The van der Waals surface area contributed by atoms with Crippen LogP contribution in [0.3, 0.4) is 0 Å². The number of nitrogens with two attached hydrogens (primary N) is 1. The van der Waals surface area contributed by atoms with Crippen molar-refractivity contribution in [2.75, 3.05) is 5.75 Å². The molecular formula is C7H12NNaO4S. The van der Waals surface area contributed by atoms with Gasteiger partial charge < -0.3 is 10.3 Å². The fourth-order valence-electron chi connectivity index (χ4n) is 0.811. The van der Waals surface area contributed by atoms with Gasteiger partial charge in [0.25, 0.3) is 0 Å². The summed E-state index contributed by atoms with van der Waals surface area (Å²) in [6.45, 7) is 3.06. The van der Waals surface area contributed by atoms with Crippen molar-refractivity contribution >= 4 is 16.0 Å². The average molecular weight is 229 g/mol. The van der Waals surface area contributed by atoms with Crippen LogP contribution in [0, 0.1) is 5.41 Å². The summed E-state index contributed by atoms with van der Waals surface area (Å²) in [5, 5.41) is 0. The second-order valence-corrected chi connectivity index (χ2v) is 4.83. The number of carbonyl (C=O) groups excluding carboxylic acids is 1. The molecule has 76 valence electrons. The first kappa shape index (κ1) is 16.5. The molecule has 14 heavy (non-hydrogen) atoms. The molecular weight excluding hydrogens is 217 g/mol. The molecule has 0 rings (SSSR count).